The Morgan fingerprint density at radius 1 is 1.12 bits per heavy atom. The van der Waals surface area contributed by atoms with Crippen LogP contribution < -0.4 is 5.32 Å². The number of nitrogens with one attached hydrogen (secondary N) is 1. The van der Waals surface area contributed by atoms with E-state index in [1.165, 1.54) is 10.5 Å². The molecule has 0 aliphatic carbocycles. The van der Waals surface area contributed by atoms with E-state index < -0.39 is 0 Å². The molecular weight excluding hydrogens is 318 g/mol. The Kier molecular flexibility index (Phi) is 5.68. The molecule has 6 nitrogen and oxygen atoms in total. The van der Waals surface area contributed by atoms with Crippen LogP contribution in [0.4, 0.5) is 4.79 Å². The molecule has 2 fully saturated rings. The summed E-state index contributed by atoms with van der Waals surface area (Å²) in [5.41, 5.74) is 1.27. The van der Waals surface area contributed by atoms with Crippen molar-refractivity contribution in [2.24, 2.45) is 5.92 Å². The number of hydrogen-bond acceptors (Lipinski definition) is 3. The van der Waals surface area contributed by atoms with E-state index in [1.807, 2.05) is 23.1 Å². The third kappa shape index (κ3) is 4.59. The fourth-order valence-corrected chi connectivity index (χ4v) is 3.51. The van der Waals surface area contributed by atoms with Gasteiger partial charge in [0.25, 0.3) is 0 Å². The molecule has 1 N–H and O–H groups in total. The highest BCUT2D eigenvalue weighted by atomic mass is 16.2. The molecule has 2 saturated heterocycles. The number of carbonyl (C=O) groups is 3. The van der Waals surface area contributed by atoms with Gasteiger partial charge in [-0.15, -0.1) is 0 Å². The molecule has 25 heavy (non-hydrogen) atoms. The SMILES string of the molecule is O=C(CCCc1ccccc1)N1CCC(CN2C(=O)CNC2=O)CC1. The highest BCUT2D eigenvalue weighted by Crippen LogP contribution is 2.20. The number of amides is 4. The quantitative estimate of drug-likeness (QED) is 0.801. The van der Waals surface area contributed by atoms with Gasteiger partial charge in [-0.25, -0.2) is 4.79 Å². The minimum Gasteiger partial charge on any atom is -0.343 e. The Labute approximate surface area is 148 Å². The van der Waals surface area contributed by atoms with Gasteiger partial charge in [0.15, 0.2) is 0 Å². The molecule has 6 heteroatoms. The molecule has 2 heterocycles. The third-order valence-electron chi connectivity index (χ3n) is 5.04. The van der Waals surface area contributed by atoms with Crippen molar-refractivity contribution in [1.29, 1.82) is 0 Å². The fraction of sp³-hybridized carbons (Fsp3) is 0.526. The largest absolute Gasteiger partial charge is 0.343 e. The number of nitrogens with zero attached hydrogens (tertiary/aromatic N) is 2. The lowest BCUT2D eigenvalue weighted by atomic mass is 9.96. The normalized spacial score (nSPS) is 18.6. The zero-order chi connectivity index (χ0) is 17.6. The second-order valence-electron chi connectivity index (χ2n) is 6.83. The van der Waals surface area contributed by atoms with Gasteiger partial charge in [0, 0.05) is 26.1 Å². The van der Waals surface area contributed by atoms with E-state index in [-0.39, 0.29) is 24.4 Å². The molecule has 0 saturated carbocycles. The second-order valence-corrected chi connectivity index (χ2v) is 6.83. The number of carbonyl (C=O) groups excluding carboxylic acids is 3. The van der Waals surface area contributed by atoms with Crippen LogP contribution in [0.15, 0.2) is 30.3 Å². The molecule has 2 aliphatic heterocycles. The van der Waals surface area contributed by atoms with Crippen LogP contribution in [0.1, 0.15) is 31.2 Å². The van der Waals surface area contributed by atoms with Crippen LogP contribution in [0.3, 0.4) is 0 Å². The van der Waals surface area contributed by atoms with E-state index in [1.54, 1.807) is 0 Å². The molecule has 0 spiro atoms. The summed E-state index contributed by atoms with van der Waals surface area (Å²) in [6, 6.07) is 9.93. The summed E-state index contributed by atoms with van der Waals surface area (Å²) in [5, 5.41) is 2.55. The van der Waals surface area contributed by atoms with Crippen molar-refractivity contribution in [3.05, 3.63) is 35.9 Å². The van der Waals surface area contributed by atoms with Crippen molar-refractivity contribution >= 4 is 17.8 Å². The Morgan fingerprint density at radius 2 is 1.84 bits per heavy atom. The summed E-state index contributed by atoms with van der Waals surface area (Å²) in [6.45, 7) is 2.02. The minimum absolute atomic E-state index is 0.109. The first-order valence-corrected chi connectivity index (χ1v) is 9.03. The molecule has 1 aromatic carbocycles. The maximum Gasteiger partial charge on any atom is 0.324 e. The van der Waals surface area contributed by atoms with E-state index in [9.17, 15) is 14.4 Å². The van der Waals surface area contributed by atoms with Gasteiger partial charge in [-0.1, -0.05) is 30.3 Å². The van der Waals surface area contributed by atoms with Crippen molar-refractivity contribution < 1.29 is 14.4 Å². The first-order valence-electron chi connectivity index (χ1n) is 9.03. The van der Waals surface area contributed by atoms with Gasteiger partial charge in [0.1, 0.15) is 0 Å². The summed E-state index contributed by atoms with van der Waals surface area (Å²) in [5.74, 6) is 0.356. The maximum atomic E-state index is 12.3. The lowest BCUT2D eigenvalue weighted by Crippen LogP contribution is -2.43. The van der Waals surface area contributed by atoms with Crippen LogP contribution in [-0.2, 0) is 16.0 Å². The number of rotatable bonds is 6. The molecular formula is C19H25N3O3. The van der Waals surface area contributed by atoms with E-state index >= 15 is 0 Å². The van der Waals surface area contributed by atoms with Gasteiger partial charge >= 0.3 is 6.03 Å². The van der Waals surface area contributed by atoms with Crippen LogP contribution in [0.5, 0.6) is 0 Å². The average Bonchev–Trinajstić information content (AvgIpc) is 2.95. The molecule has 0 atom stereocenters. The summed E-state index contributed by atoms with van der Waals surface area (Å²) in [7, 11) is 0. The van der Waals surface area contributed by atoms with Crippen molar-refractivity contribution in [1.82, 2.24) is 15.1 Å². The van der Waals surface area contributed by atoms with Crippen LogP contribution in [0.2, 0.25) is 0 Å². The van der Waals surface area contributed by atoms with Crippen LogP contribution >= 0.6 is 0 Å². The molecule has 0 unspecified atom stereocenters. The summed E-state index contributed by atoms with van der Waals surface area (Å²) in [6.07, 6.45) is 4.07. The van der Waals surface area contributed by atoms with E-state index in [0.717, 1.165) is 38.8 Å². The predicted octanol–water partition coefficient (Wildman–Crippen LogP) is 1.80. The predicted molar refractivity (Wildman–Crippen MR) is 93.8 cm³/mol. The van der Waals surface area contributed by atoms with E-state index in [0.29, 0.717) is 18.9 Å². The number of urea groups is 1. The van der Waals surface area contributed by atoms with Gasteiger partial charge in [0.05, 0.1) is 6.54 Å². The number of benzene rings is 1. The molecule has 4 amide bonds. The monoisotopic (exact) mass is 343 g/mol. The van der Waals surface area contributed by atoms with Gasteiger partial charge < -0.3 is 10.2 Å². The van der Waals surface area contributed by atoms with Crippen molar-refractivity contribution in [2.75, 3.05) is 26.2 Å². The van der Waals surface area contributed by atoms with Gasteiger partial charge in [-0.3, -0.25) is 14.5 Å². The summed E-state index contributed by atoms with van der Waals surface area (Å²) < 4.78 is 0. The number of hydrogen-bond donors (Lipinski definition) is 1. The molecule has 134 valence electrons. The average molecular weight is 343 g/mol. The minimum atomic E-state index is -0.288. The maximum absolute atomic E-state index is 12.3. The molecule has 0 aromatic heterocycles. The first-order chi connectivity index (χ1) is 12.1. The first kappa shape index (κ1) is 17.5. The fourth-order valence-electron chi connectivity index (χ4n) is 3.51. The Hall–Kier alpha value is -2.37. The van der Waals surface area contributed by atoms with Crippen molar-refractivity contribution in [3.63, 3.8) is 0 Å². The standard InChI is InChI=1S/C19H25N3O3/c23-17(8-4-7-15-5-2-1-3-6-15)21-11-9-16(10-12-21)14-22-18(24)13-20-19(22)25/h1-3,5-6,16H,4,7-14H2,(H,20,25). The molecule has 2 aliphatic rings. The molecule has 0 radical (unpaired) electrons. The Morgan fingerprint density at radius 3 is 2.48 bits per heavy atom. The van der Waals surface area contributed by atoms with Crippen LogP contribution in [0, 0.1) is 5.92 Å². The zero-order valence-corrected chi connectivity index (χ0v) is 14.4. The summed E-state index contributed by atoms with van der Waals surface area (Å²) in [4.78, 5) is 38.8. The molecule has 0 bridgehead atoms. The molecule has 1 aromatic rings. The lowest BCUT2D eigenvalue weighted by Gasteiger charge is -2.33. The number of aryl methyl sites for hydroxylation is 1. The zero-order valence-electron chi connectivity index (χ0n) is 14.4. The van der Waals surface area contributed by atoms with Gasteiger partial charge in [-0.05, 0) is 37.2 Å². The smallest absolute Gasteiger partial charge is 0.324 e. The highest BCUT2D eigenvalue weighted by Gasteiger charge is 2.32. The van der Waals surface area contributed by atoms with Crippen molar-refractivity contribution in [2.45, 2.75) is 32.1 Å². The molecule has 3 rings (SSSR count). The van der Waals surface area contributed by atoms with E-state index in [4.69, 9.17) is 0 Å². The van der Waals surface area contributed by atoms with Crippen LogP contribution in [0.25, 0.3) is 0 Å². The number of piperidine rings is 1. The lowest BCUT2D eigenvalue weighted by molar-refractivity contribution is -0.133. The van der Waals surface area contributed by atoms with Crippen molar-refractivity contribution in [3.8, 4) is 0 Å². The number of likely N-dealkylation sites (tertiary alicyclic amines) is 1. The van der Waals surface area contributed by atoms with Gasteiger partial charge in [-0.2, -0.15) is 0 Å². The summed E-state index contributed by atoms with van der Waals surface area (Å²) >= 11 is 0. The topological polar surface area (TPSA) is 69.7 Å². The van der Waals surface area contributed by atoms with Gasteiger partial charge in [0.2, 0.25) is 11.8 Å². The second kappa shape index (κ2) is 8.14. The third-order valence-corrected chi connectivity index (χ3v) is 5.04. The Bertz CT molecular complexity index is 608. The highest BCUT2D eigenvalue weighted by molar-refractivity contribution is 6.01. The van der Waals surface area contributed by atoms with Crippen LogP contribution in [-0.4, -0.2) is 53.8 Å². The number of imide groups is 1. The Balaban J connectivity index is 1.37. The van der Waals surface area contributed by atoms with E-state index in [2.05, 4.69) is 17.4 Å².